The molecule has 2 saturated carbocycles. The first-order chi connectivity index (χ1) is 15.0. The van der Waals surface area contributed by atoms with Crippen LogP contribution in [-0.2, 0) is 14.3 Å². The SMILES string of the molecule is C[C@H](OC(=O)c1ccc(N2C(=O)[C@@H]3[C@@H]4CC[C@@H](C4)[C@@H]3C2=O)cc1)C(=O)c1ccccc1. The summed E-state index contributed by atoms with van der Waals surface area (Å²) in [5.74, 6) is -0.832. The Hall–Kier alpha value is -3.28. The zero-order valence-corrected chi connectivity index (χ0v) is 17.2. The van der Waals surface area contributed by atoms with E-state index in [-0.39, 0.29) is 35.0 Å². The molecule has 2 aromatic carbocycles. The summed E-state index contributed by atoms with van der Waals surface area (Å²) in [7, 11) is 0. The van der Waals surface area contributed by atoms with Crippen molar-refractivity contribution in [2.45, 2.75) is 32.3 Å². The fourth-order valence-electron chi connectivity index (χ4n) is 5.53. The van der Waals surface area contributed by atoms with Crippen molar-refractivity contribution in [2.24, 2.45) is 23.7 Å². The molecule has 2 aromatic rings. The Morgan fingerprint density at radius 3 is 2.03 bits per heavy atom. The molecular weight excluding hydrogens is 394 g/mol. The molecule has 1 heterocycles. The van der Waals surface area contributed by atoms with Crippen LogP contribution in [0.15, 0.2) is 54.6 Å². The Morgan fingerprint density at radius 2 is 1.45 bits per heavy atom. The number of fused-ring (bicyclic) bond motifs is 5. The summed E-state index contributed by atoms with van der Waals surface area (Å²) in [5.41, 5.74) is 1.22. The number of carbonyl (C=O) groups is 4. The molecule has 0 spiro atoms. The second-order valence-electron chi connectivity index (χ2n) is 8.72. The predicted molar refractivity (Wildman–Crippen MR) is 112 cm³/mol. The van der Waals surface area contributed by atoms with E-state index in [9.17, 15) is 19.2 Å². The molecule has 0 radical (unpaired) electrons. The summed E-state index contributed by atoms with van der Waals surface area (Å²) in [6, 6.07) is 14.9. The summed E-state index contributed by atoms with van der Waals surface area (Å²) >= 11 is 0. The van der Waals surface area contributed by atoms with Gasteiger partial charge in [-0.3, -0.25) is 19.3 Å². The van der Waals surface area contributed by atoms with Crippen LogP contribution >= 0.6 is 0 Å². The lowest BCUT2D eigenvalue weighted by Crippen LogP contribution is -2.32. The van der Waals surface area contributed by atoms with Crippen molar-refractivity contribution < 1.29 is 23.9 Å². The molecule has 31 heavy (non-hydrogen) atoms. The molecule has 0 N–H and O–H groups in total. The maximum Gasteiger partial charge on any atom is 0.338 e. The molecule has 1 saturated heterocycles. The molecular formula is C25H23NO5. The van der Waals surface area contributed by atoms with Gasteiger partial charge in [0, 0.05) is 5.56 Å². The van der Waals surface area contributed by atoms with E-state index in [0.29, 0.717) is 23.1 Å². The van der Waals surface area contributed by atoms with Gasteiger partial charge in [0.05, 0.1) is 23.1 Å². The Labute approximate surface area is 180 Å². The maximum atomic E-state index is 12.9. The quantitative estimate of drug-likeness (QED) is 0.421. The molecule has 2 amide bonds. The largest absolute Gasteiger partial charge is 0.451 e. The number of amides is 2. The molecule has 2 bridgehead atoms. The summed E-state index contributed by atoms with van der Waals surface area (Å²) < 4.78 is 5.32. The number of imide groups is 1. The minimum Gasteiger partial charge on any atom is -0.451 e. The monoisotopic (exact) mass is 417 g/mol. The number of Topliss-reactive ketones (excluding diaryl/α,β-unsaturated/α-hetero) is 1. The third-order valence-electron chi connectivity index (χ3n) is 7.00. The first kappa shape index (κ1) is 19.7. The van der Waals surface area contributed by atoms with Crippen LogP contribution in [0.4, 0.5) is 5.69 Å². The molecule has 5 atom stereocenters. The van der Waals surface area contributed by atoms with E-state index in [4.69, 9.17) is 4.74 Å². The molecule has 0 aromatic heterocycles. The molecule has 158 valence electrons. The summed E-state index contributed by atoms with van der Waals surface area (Å²) in [5, 5.41) is 0. The van der Waals surface area contributed by atoms with Crippen molar-refractivity contribution in [1.82, 2.24) is 0 Å². The maximum absolute atomic E-state index is 12.9. The number of esters is 1. The van der Waals surface area contributed by atoms with E-state index >= 15 is 0 Å². The van der Waals surface area contributed by atoms with E-state index in [1.165, 1.54) is 24.0 Å². The van der Waals surface area contributed by atoms with Crippen LogP contribution in [0.3, 0.4) is 0 Å². The predicted octanol–water partition coefficient (Wildman–Crippen LogP) is 3.65. The Bertz CT molecular complexity index is 1030. The number of rotatable bonds is 5. The molecule has 2 aliphatic carbocycles. The third kappa shape index (κ3) is 3.17. The highest BCUT2D eigenvalue weighted by Crippen LogP contribution is 2.56. The average Bonchev–Trinajstić information content (AvgIpc) is 3.47. The van der Waals surface area contributed by atoms with Gasteiger partial charge in [-0.2, -0.15) is 0 Å². The number of ketones is 1. The summed E-state index contributed by atoms with van der Waals surface area (Å²) in [6.07, 6.45) is 2.13. The van der Waals surface area contributed by atoms with Gasteiger partial charge in [0.1, 0.15) is 0 Å². The second-order valence-corrected chi connectivity index (χ2v) is 8.72. The topological polar surface area (TPSA) is 80.8 Å². The molecule has 3 fully saturated rings. The minimum atomic E-state index is -0.925. The van der Waals surface area contributed by atoms with E-state index < -0.39 is 12.1 Å². The number of anilines is 1. The van der Waals surface area contributed by atoms with Gasteiger partial charge in [0.15, 0.2) is 6.10 Å². The van der Waals surface area contributed by atoms with Gasteiger partial charge in [-0.15, -0.1) is 0 Å². The molecule has 5 rings (SSSR count). The first-order valence-electron chi connectivity index (χ1n) is 10.7. The lowest BCUT2D eigenvalue weighted by atomic mass is 9.81. The van der Waals surface area contributed by atoms with Crippen LogP contribution in [0.25, 0.3) is 0 Å². The van der Waals surface area contributed by atoms with E-state index in [1.54, 1.807) is 36.4 Å². The van der Waals surface area contributed by atoms with Gasteiger partial charge in [-0.1, -0.05) is 30.3 Å². The van der Waals surface area contributed by atoms with Crippen molar-refractivity contribution in [3.8, 4) is 0 Å². The number of benzene rings is 2. The standard InChI is InChI=1S/C25H23NO5/c1-14(22(27)15-5-3-2-4-6-15)31-25(30)16-9-11-19(12-10-16)26-23(28)20-17-7-8-18(13-17)21(20)24(26)29/h2-6,9-12,14,17-18,20-21H,7-8,13H2,1H3/t14-,17-,18+,20-,21+/m0/s1. The lowest BCUT2D eigenvalue weighted by Gasteiger charge is -2.19. The highest BCUT2D eigenvalue weighted by Gasteiger charge is 2.61. The first-order valence-corrected chi connectivity index (χ1v) is 10.7. The Kier molecular flexibility index (Phi) is 4.73. The van der Waals surface area contributed by atoms with Gasteiger partial charge < -0.3 is 4.74 Å². The van der Waals surface area contributed by atoms with E-state index in [2.05, 4.69) is 0 Å². The molecule has 0 unspecified atom stereocenters. The molecule has 6 heteroatoms. The van der Waals surface area contributed by atoms with Crippen molar-refractivity contribution in [3.63, 3.8) is 0 Å². The van der Waals surface area contributed by atoms with Gasteiger partial charge in [0.2, 0.25) is 17.6 Å². The zero-order chi connectivity index (χ0) is 21.7. The number of hydrogen-bond acceptors (Lipinski definition) is 5. The minimum absolute atomic E-state index is 0.111. The normalized spacial score (nSPS) is 27.3. The number of nitrogens with zero attached hydrogens (tertiary/aromatic N) is 1. The van der Waals surface area contributed by atoms with Crippen LogP contribution < -0.4 is 4.90 Å². The smallest absolute Gasteiger partial charge is 0.338 e. The van der Waals surface area contributed by atoms with E-state index in [1.807, 2.05) is 6.07 Å². The van der Waals surface area contributed by atoms with Gasteiger partial charge in [-0.25, -0.2) is 4.79 Å². The second kappa shape index (κ2) is 7.45. The van der Waals surface area contributed by atoms with Crippen LogP contribution in [0.1, 0.15) is 46.9 Å². The Balaban J connectivity index is 1.28. The lowest BCUT2D eigenvalue weighted by molar-refractivity contribution is -0.123. The van der Waals surface area contributed by atoms with Gasteiger partial charge in [-0.05, 0) is 62.3 Å². The van der Waals surface area contributed by atoms with Crippen molar-refractivity contribution in [2.75, 3.05) is 4.90 Å². The summed E-state index contributed by atoms with van der Waals surface area (Å²) in [4.78, 5) is 52.1. The molecule has 1 aliphatic heterocycles. The van der Waals surface area contributed by atoms with Crippen molar-refractivity contribution in [3.05, 3.63) is 65.7 Å². The molecule has 3 aliphatic rings. The van der Waals surface area contributed by atoms with Crippen molar-refractivity contribution in [1.29, 1.82) is 0 Å². The fourth-order valence-corrected chi connectivity index (χ4v) is 5.53. The third-order valence-corrected chi connectivity index (χ3v) is 7.00. The average molecular weight is 417 g/mol. The highest BCUT2D eigenvalue weighted by atomic mass is 16.5. The van der Waals surface area contributed by atoms with Gasteiger partial charge in [0.25, 0.3) is 0 Å². The molecule has 6 nitrogen and oxygen atoms in total. The van der Waals surface area contributed by atoms with Crippen LogP contribution in [0.2, 0.25) is 0 Å². The van der Waals surface area contributed by atoms with E-state index in [0.717, 1.165) is 19.3 Å². The fraction of sp³-hybridized carbons (Fsp3) is 0.360. The zero-order valence-electron chi connectivity index (χ0n) is 17.2. The van der Waals surface area contributed by atoms with Crippen molar-refractivity contribution >= 4 is 29.3 Å². The number of hydrogen-bond donors (Lipinski definition) is 0. The number of carbonyl (C=O) groups excluding carboxylic acids is 4. The van der Waals surface area contributed by atoms with Gasteiger partial charge >= 0.3 is 5.97 Å². The highest BCUT2D eigenvalue weighted by molar-refractivity contribution is 6.22. The van der Waals surface area contributed by atoms with Crippen LogP contribution in [0.5, 0.6) is 0 Å². The Morgan fingerprint density at radius 1 is 0.871 bits per heavy atom. The van der Waals surface area contributed by atoms with Crippen LogP contribution in [-0.4, -0.2) is 29.7 Å². The summed E-state index contributed by atoms with van der Waals surface area (Å²) in [6.45, 7) is 1.54. The number of ether oxygens (including phenoxy) is 1. The van der Waals surface area contributed by atoms with Crippen LogP contribution in [0, 0.1) is 23.7 Å².